The lowest BCUT2D eigenvalue weighted by atomic mass is 10.1. The number of benzene rings is 1. The highest BCUT2D eigenvalue weighted by atomic mass is 19.1. The number of aromatic amines is 1. The Morgan fingerprint density at radius 2 is 1.90 bits per heavy atom. The predicted molar refractivity (Wildman–Crippen MR) is 117 cm³/mol. The molecule has 1 unspecified atom stereocenters. The molecule has 0 aliphatic rings. The maximum absolute atomic E-state index is 15.0. The Kier molecular flexibility index (Phi) is 4.58. The Bertz CT molecular complexity index is 1370. The highest BCUT2D eigenvalue weighted by molar-refractivity contribution is 5.92. The molecule has 0 bridgehead atoms. The molecule has 31 heavy (non-hydrogen) atoms. The van der Waals surface area contributed by atoms with Crippen LogP contribution in [0.5, 0.6) is 0 Å². The van der Waals surface area contributed by atoms with Crippen molar-refractivity contribution in [2.24, 2.45) is 0 Å². The van der Waals surface area contributed by atoms with Crippen molar-refractivity contribution in [3.8, 4) is 11.3 Å². The Morgan fingerprint density at radius 3 is 2.68 bits per heavy atom. The highest BCUT2D eigenvalue weighted by Crippen LogP contribution is 2.35. The maximum Gasteiger partial charge on any atom is 0.182 e. The number of nitrogens with one attached hydrogen (secondary N) is 2. The number of rotatable bonds is 5. The average Bonchev–Trinajstić information content (AvgIpc) is 3.39. The molecule has 5 rings (SSSR count). The van der Waals surface area contributed by atoms with Gasteiger partial charge in [-0.25, -0.2) is 24.3 Å². The van der Waals surface area contributed by atoms with Gasteiger partial charge in [0.15, 0.2) is 11.5 Å². The number of H-pyrrole nitrogens is 1. The normalized spacial score (nSPS) is 12.7. The van der Waals surface area contributed by atoms with E-state index < -0.39 is 0 Å². The second kappa shape index (κ2) is 7.42. The van der Waals surface area contributed by atoms with E-state index in [1.807, 2.05) is 25.1 Å². The van der Waals surface area contributed by atoms with Gasteiger partial charge in [0.2, 0.25) is 0 Å². The van der Waals surface area contributed by atoms with Gasteiger partial charge >= 0.3 is 0 Å². The minimum absolute atomic E-state index is 0.0473. The maximum atomic E-state index is 15.0. The van der Waals surface area contributed by atoms with Crippen LogP contribution in [-0.2, 0) is 0 Å². The third-order valence-electron chi connectivity index (χ3n) is 5.23. The Morgan fingerprint density at radius 1 is 1.03 bits per heavy atom. The van der Waals surface area contributed by atoms with E-state index in [1.165, 1.54) is 12.4 Å². The van der Waals surface area contributed by atoms with Gasteiger partial charge in [-0.2, -0.15) is 0 Å². The zero-order chi connectivity index (χ0) is 21.5. The van der Waals surface area contributed by atoms with E-state index in [0.29, 0.717) is 28.2 Å². The van der Waals surface area contributed by atoms with Gasteiger partial charge in [-0.3, -0.25) is 4.98 Å². The lowest BCUT2D eigenvalue weighted by Crippen LogP contribution is -2.16. The van der Waals surface area contributed by atoms with Crippen LogP contribution in [0, 0.1) is 5.82 Å². The fraction of sp³-hybridized carbons (Fsp3) is 0.227. The van der Waals surface area contributed by atoms with Crippen LogP contribution in [0.3, 0.4) is 0 Å². The fourth-order valence-electron chi connectivity index (χ4n) is 3.91. The van der Waals surface area contributed by atoms with E-state index in [2.05, 4.69) is 48.7 Å². The van der Waals surface area contributed by atoms with Crippen LogP contribution in [0.25, 0.3) is 33.5 Å². The lowest BCUT2D eigenvalue weighted by Gasteiger charge is -2.20. The lowest BCUT2D eigenvalue weighted by molar-refractivity contribution is 0.566. The number of halogens is 1. The van der Waals surface area contributed by atoms with Gasteiger partial charge in [-0.05, 0) is 45.0 Å². The van der Waals surface area contributed by atoms with Crippen molar-refractivity contribution in [2.75, 3.05) is 5.32 Å². The summed E-state index contributed by atoms with van der Waals surface area (Å²) in [5.74, 6) is 1.09. The third-order valence-corrected chi connectivity index (χ3v) is 5.23. The van der Waals surface area contributed by atoms with Crippen molar-refractivity contribution in [1.82, 2.24) is 34.5 Å². The zero-order valence-corrected chi connectivity index (χ0v) is 17.3. The average molecular weight is 416 g/mol. The second-order valence-corrected chi connectivity index (χ2v) is 7.63. The monoisotopic (exact) mass is 416 g/mol. The van der Waals surface area contributed by atoms with E-state index in [-0.39, 0.29) is 17.9 Å². The van der Waals surface area contributed by atoms with E-state index in [4.69, 9.17) is 4.98 Å². The van der Waals surface area contributed by atoms with Gasteiger partial charge in [0, 0.05) is 12.2 Å². The van der Waals surface area contributed by atoms with Crippen LogP contribution in [0.2, 0.25) is 0 Å². The zero-order valence-electron chi connectivity index (χ0n) is 17.3. The van der Waals surface area contributed by atoms with Crippen molar-refractivity contribution in [3.63, 3.8) is 0 Å². The molecule has 0 radical (unpaired) electrons. The second-order valence-electron chi connectivity index (χ2n) is 7.63. The summed E-state index contributed by atoms with van der Waals surface area (Å²) in [5, 5.41) is 3.40. The summed E-state index contributed by atoms with van der Waals surface area (Å²) in [6.07, 6.45) is 4.72. The smallest absolute Gasteiger partial charge is 0.182 e. The molecule has 1 aromatic carbocycles. The van der Waals surface area contributed by atoms with E-state index in [0.717, 1.165) is 16.9 Å². The highest BCUT2D eigenvalue weighted by Gasteiger charge is 2.24. The quantitative estimate of drug-likeness (QED) is 0.433. The first-order chi connectivity index (χ1) is 15.0. The molecule has 2 N–H and O–H groups in total. The molecule has 9 heteroatoms. The summed E-state index contributed by atoms with van der Waals surface area (Å²) in [5.41, 5.74) is 3.79. The SMILES string of the molecule is CC(Nc1ncnc2nc[nH]c12)c1nc2ccc(F)c(-c3ccccn3)c2n1C(C)C. The van der Waals surface area contributed by atoms with Crippen molar-refractivity contribution in [3.05, 3.63) is 60.8 Å². The minimum Gasteiger partial charge on any atom is -0.358 e. The number of aromatic nitrogens is 7. The third kappa shape index (κ3) is 3.18. The van der Waals surface area contributed by atoms with Crippen LogP contribution in [0.1, 0.15) is 38.7 Å². The molecule has 0 saturated heterocycles. The van der Waals surface area contributed by atoms with Crippen LogP contribution in [0.15, 0.2) is 49.2 Å². The number of hydrogen-bond acceptors (Lipinski definition) is 6. The molecule has 4 heterocycles. The molecule has 0 spiro atoms. The standard InChI is InChI=1S/C22H21FN8/c1-12(2)31-19-16(8-7-14(23)17(19)15-6-4-5-9-24-15)30-22(31)13(3)29-21-18-20(26-10-25-18)27-11-28-21/h4-13H,1-3H3,(H2,25,26,27,28,29). The summed E-state index contributed by atoms with van der Waals surface area (Å²) in [6, 6.07) is 8.48. The van der Waals surface area contributed by atoms with Gasteiger partial charge < -0.3 is 14.9 Å². The molecule has 4 aromatic heterocycles. The van der Waals surface area contributed by atoms with E-state index in [9.17, 15) is 0 Å². The van der Waals surface area contributed by atoms with E-state index in [1.54, 1.807) is 18.6 Å². The van der Waals surface area contributed by atoms with Crippen LogP contribution in [-0.4, -0.2) is 34.5 Å². The summed E-state index contributed by atoms with van der Waals surface area (Å²) in [6.45, 7) is 6.12. The van der Waals surface area contributed by atoms with Crippen molar-refractivity contribution < 1.29 is 4.39 Å². The summed E-state index contributed by atoms with van der Waals surface area (Å²) in [7, 11) is 0. The van der Waals surface area contributed by atoms with Crippen LogP contribution >= 0.6 is 0 Å². The van der Waals surface area contributed by atoms with Gasteiger partial charge in [-0.15, -0.1) is 0 Å². The van der Waals surface area contributed by atoms with Gasteiger partial charge in [0.25, 0.3) is 0 Å². The molecule has 1 atom stereocenters. The summed E-state index contributed by atoms with van der Waals surface area (Å²) >= 11 is 0. The van der Waals surface area contributed by atoms with Gasteiger partial charge in [0.1, 0.15) is 23.5 Å². The largest absolute Gasteiger partial charge is 0.358 e. The number of pyridine rings is 1. The van der Waals surface area contributed by atoms with Gasteiger partial charge in [0.05, 0.1) is 34.7 Å². The molecule has 0 saturated carbocycles. The number of nitrogens with zero attached hydrogens (tertiary/aromatic N) is 6. The first kappa shape index (κ1) is 19.1. The Hall–Kier alpha value is -3.88. The van der Waals surface area contributed by atoms with Crippen LogP contribution < -0.4 is 5.32 Å². The fourth-order valence-corrected chi connectivity index (χ4v) is 3.91. The molecular weight excluding hydrogens is 395 g/mol. The first-order valence-electron chi connectivity index (χ1n) is 10.1. The molecular formula is C22H21FN8. The molecule has 0 amide bonds. The number of hydrogen-bond donors (Lipinski definition) is 2. The molecule has 156 valence electrons. The predicted octanol–water partition coefficient (Wildman–Crippen LogP) is 4.66. The Labute approximate surface area is 177 Å². The number of imidazole rings is 2. The molecule has 8 nitrogen and oxygen atoms in total. The van der Waals surface area contributed by atoms with Crippen molar-refractivity contribution >= 4 is 28.0 Å². The van der Waals surface area contributed by atoms with E-state index >= 15 is 4.39 Å². The topological polar surface area (TPSA) is 97.2 Å². The van der Waals surface area contributed by atoms with Crippen molar-refractivity contribution in [1.29, 1.82) is 0 Å². The molecule has 0 aliphatic carbocycles. The number of fused-ring (bicyclic) bond motifs is 2. The van der Waals surface area contributed by atoms with Crippen molar-refractivity contribution in [2.45, 2.75) is 32.9 Å². The summed E-state index contributed by atoms with van der Waals surface area (Å²) in [4.78, 5) is 25.0. The molecule has 5 aromatic rings. The van der Waals surface area contributed by atoms with Crippen LogP contribution in [0.4, 0.5) is 10.2 Å². The molecule has 0 aliphatic heterocycles. The number of anilines is 1. The molecule has 0 fully saturated rings. The first-order valence-corrected chi connectivity index (χ1v) is 10.1. The minimum atomic E-state index is -0.324. The summed E-state index contributed by atoms with van der Waals surface area (Å²) < 4.78 is 17.1. The van der Waals surface area contributed by atoms with Gasteiger partial charge in [-0.1, -0.05) is 6.07 Å². The Balaban J connectivity index is 1.67.